The molecule has 0 amide bonds. The van der Waals surface area contributed by atoms with Gasteiger partial charge in [0, 0.05) is 22.7 Å². The van der Waals surface area contributed by atoms with Gasteiger partial charge in [0.15, 0.2) is 11.3 Å². The smallest absolute Gasteiger partial charge is 0.238 e. The maximum absolute atomic E-state index is 11.4. The number of para-hydroxylation sites is 2. The lowest BCUT2D eigenvalue weighted by Gasteiger charge is -2.10. The summed E-state index contributed by atoms with van der Waals surface area (Å²) in [5, 5.41) is 34.3. The van der Waals surface area contributed by atoms with Crippen molar-refractivity contribution in [1.82, 2.24) is 40.3 Å². The fourth-order valence-electron chi connectivity index (χ4n) is 4.72. The molecule has 280 valence electrons. The highest BCUT2D eigenvalue weighted by Crippen LogP contribution is 2.27. The van der Waals surface area contributed by atoms with Crippen molar-refractivity contribution in [2.24, 2.45) is 10.3 Å². The molecule has 0 spiro atoms. The molecule has 0 unspecified atom stereocenters. The van der Waals surface area contributed by atoms with Gasteiger partial charge in [-0.2, -0.15) is 30.1 Å². The number of primary sulfonamides is 2. The summed E-state index contributed by atoms with van der Waals surface area (Å²) in [7, 11) is -7.45. The number of aromatic nitrogens is 8. The lowest BCUT2D eigenvalue weighted by atomic mass is 10.3. The number of anilines is 7. The fraction of sp³-hybridized carbons (Fsp3) is 0. The SMILES string of the molecule is NS(=O)(=O)c1ccc(Nc2nc(Cl)nc3[nH]ncc23)cc1.NS(=O)(=O)c1ccc(Nc2nc(Nc3ccccc3)nc3[nH]ncc23)cc1.Nc1ccccc1. The molecule has 0 aliphatic heterocycles. The second kappa shape index (κ2) is 16.5. The molecule has 0 fully saturated rings. The first-order valence-corrected chi connectivity index (χ1v) is 19.3. The third kappa shape index (κ3) is 10.2. The van der Waals surface area contributed by atoms with Gasteiger partial charge in [-0.1, -0.05) is 36.4 Å². The van der Waals surface area contributed by atoms with Gasteiger partial charge in [-0.15, -0.1) is 0 Å². The third-order valence-corrected chi connectivity index (χ3v) is 9.34. The van der Waals surface area contributed by atoms with Crippen molar-refractivity contribution < 1.29 is 16.8 Å². The van der Waals surface area contributed by atoms with Gasteiger partial charge in [-0.3, -0.25) is 10.2 Å². The number of H-pyrrole nitrogens is 2. The van der Waals surface area contributed by atoms with E-state index in [1.165, 1.54) is 24.3 Å². The molecule has 8 aromatic rings. The second-order valence-corrected chi connectivity index (χ2v) is 14.8. The standard InChI is InChI=1S/C17H15N7O2S.C11H9ClN6O2S.C6H7N/c18-27(25,26)13-8-6-12(7-9-13)20-15-14-10-19-24-16(14)23-17(22-15)21-11-4-2-1-3-5-11;12-11-16-9(8-5-14-18-10(8)17-11)15-6-1-3-7(4-2-6)21(13,19)20;7-6-4-2-1-3-5-6/h1-10H,(H2,18,25,26)(H3,19,20,21,22,23,24);1-5H,(H2,13,19,20)(H2,14,15,16,17,18);1-5H,7H2. The molecule has 11 N–H and O–H groups in total. The van der Waals surface area contributed by atoms with Crippen LogP contribution in [0.1, 0.15) is 0 Å². The number of nitrogens with one attached hydrogen (secondary N) is 5. The van der Waals surface area contributed by atoms with E-state index in [0.29, 0.717) is 51.0 Å². The highest BCUT2D eigenvalue weighted by molar-refractivity contribution is 7.89. The van der Waals surface area contributed by atoms with Crippen LogP contribution < -0.4 is 32.0 Å². The van der Waals surface area contributed by atoms with Crippen molar-refractivity contribution in [3.8, 4) is 0 Å². The molecular formula is C34H31ClN14O4S2. The monoisotopic (exact) mass is 798 g/mol. The average molecular weight is 799 g/mol. The van der Waals surface area contributed by atoms with Crippen LogP contribution in [0.25, 0.3) is 22.1 Å². The van der Waals surface area contributed by atoms with Crippen LogP contribution in [-0.2, 0) is 20.0 Å². The maximum Gasteiger partial charge on any atom is 0.238 e. The molecule has 0 atom stereocenters. The van der Waals surface area contributed by atoms with Crippen molar-refractivity contribution in [1.29, 1.82) is 0 Å². The van der Waals surface area contributed by atoms with Crippen molar-refractivity contribution in [3.63, 3.8) is 0 Å². The molecule has 0 radical (unpaired) electrons. The lowest BCUT2D eigenvalue weighted by molar-refractivity contribution is 0.596. The predicted molar refractivity (Wildman–Crippen MR) is 211 cm³/mol. The van der Waals surface area contributed by atoms with E-state index in [2.05, 4.69) is 56.3 Å². The zero-order chi connectivity index (χ0) is 39.0. The van der Waals surface area contributed by atoms with Gasteiger partial charge in [0.1, 0.15) is 11.6 Å². The van der Waals surface area contributed by atoms with Crippen LogP contribution in [0.2, 0.25) is 5.28 Å². The Balaban J connectivity index is 0.000000162. The lowest BCUT2D eigenvalue weighted by Crippen LogP contribution is -2.11. The third-order valence-electron chi connectivity index (χ3n) is 7.31. The van der Waals surface area contributed by atoms with Crippen LogP contribution >= 0.6 is 11.6 Å². The van der Waals surface area contributed by atoms with Crippen LogP contribution in [0.5, 0.6) is 0 Å². The van der Waals surface area contributed by atoms with Crippen LogP contribution in [-0.4, -0.2) is 57.2 Å². The van der Waals surface area contributed by atoms with E-state index in [1.54, 1.807) is 36.7 Å². The number of nitrogens with zero attached hydrogens (tertiary/aromatic N) is 6. The largest absolute Gasteiger partial charge is 0.399 e. The quantitative estimate of drug-likeness (QED) is 0.0729. The first kappa shape index (κ1) is 38.0. The summed E-state index contributed by atoms with van der Waals surface area (Å²) in [6.07, 6.45) is 3.18. The number of hydrogen-bond donors (Lipinski definition) is 8. The van der Waals surface area contributed by atoms with E-state index in [0.717, 1.165) is 11.4 Å². The zero-order valence-corrected chi connectivity index (χ0v) is 30.7. The Kier molecular flexibility index (Phi) is 11.4. The molecule has 4 heterocycles. The van der Waals surface area contributed by atoms with Crippen molar-refractivity contribution >= 4 is 94.0 Å². The summed E-state index contributed by atoms with van der Waals surface area (Å²) < 4.78 is 45.1. The number of nitrogen functional groups attached to an aromatic ring is 1. The summed E-state index contributed by atoms with van der Waals surface area (Å²) in [6, 6.07) is 31.0. The molecule has 4 aromatic heterocycles. The van der Waals surface area contributed by atoms with Gasteiger partial charge >= 0.3 is 0 Å². The average Bonchev–Trinajstić information content (AvgIpc) is 3.83. The van der Waals surface area contributed by atoms with Gasteiger partial charge in [-0.25, -0.2) is 27.1 Å². The summed E-state index contributed by atoms with van der Waals surface area (Å²) in [5.41, 5.74) is 9.36. The van der Waals surface area contributed by atoms with Gasteiger partial charge in [0.05, 0.1) is 33.0 Å². The topological polar surface area (TPSA) is 291 Å². The van der Waals surface area contributed by atoms with Crippen molar-refractivity contribution in [3.05, 3.63) is 127 Å². The van der Waals surface area contributed by atoms with E-state index in [4.69, 9.17) is 27.6 Å². The molecule has 0 aliphatic rings. The van der Waals surface area contributed by atoms with E-state index < -0.39 is 20.0 Å². The molecule has 55 heavy (non-hydrogen) atoms. The number of fused-ring (bicyclic) bond motifs is 2. The number of aromatic amines is 2. The van der Waals surface area contributed by atoms with Crippen molar-refractivity contribution in [2.75, 3.05) is 21.7 Å². The minimum Gasteiger partial charge on any atom is -0.399 e. The summed E-state index contributed by atoms with van der Waals surface area (Å²) in [4.78, 5) is 17.0. The van der Waals surface area contributed by atoms with Crippen molar-refractivity contribution in [2.45, 2.75) is 9.79 Å². The zero-order valence-electron chi connectivity index (χ0n) is 28.3. The number of benzene rings is 4. The highest BCUT2D eigenvalue weighted by Gasteiger charge is 2.13. The second-order valence-electron chi connectivity index (χ2n) is 11.3. The fourth-order valence-corrected chi connectivity index (χ4v) is 5.92. The highest BCUT2D eigenvalue weighted by atomic mass is 35.5. The molecule has 0 saturated carbocycles. The summed E-state index contributed by atoms with van der Waals surface area (Å²) in [5.74, 6) is 1.37. The summed E-state index contributed by atoms with van der Waals surface area (Å²) in [6.45, 7) is 0. The molecule has 0 saturated heterocycles. The van der Waals surface area contributed by atoms with Crippen LogP contribution in [0, 0.1) is 0 Å². The van der Waals surface area contributed by atoms with E-state index in [1.807, 2.05) is 60.7 Å². The van der Waals surface area contributed by atoms with Gasteiger partial charge < -0.3 is 21.7 Å². The Labute approximate surface area is 318 Å². The number of rotatable bonds is 8. The molecule has 4 aromatic carbocycles. The van der Waals surface area contributed by atoms with E-state index in [9.17, 15) is 16.8 Å². The molecule has 18 nitrogen and oxygen atoms in total. The number of nitrogens with two attached hydrogens (primary N) is 3. The number of sulfonamides is 2. The van der Waals surface area contributed by atoms with Gasteiger partial charge in [-0.05, 0) is 84.4 Å². The van der Waals surface area contributed by atoms with Crippen LogP contribution in [0.3, 0.4) is 0 Å². The van der Waals surface area contributed by atoms with E-state index in [-0.39, 0.29) is 15.1 Å². The van der Waals surface area contributed by atoms with Crippen LogP contribution in [0.4, 0.5) is 40.3 Å². The minimum atomic E-state index is -3.74. The molecular weight excluding hydrogens is 768 g/mol. The Morgan fingerprint density at radius 2 is 0.964 bits per heavy atom. The Morgan fingerprint density at radius 3 is 1.42 bits per heavy atom. The Hall–Kier alpha value is -6.71. The molecule has 21 heteroatoms. The molecule has 0 aliphatic carbocycles. The molecule has 0 bridgehead atoms. The first-order chi connectivity index (χ1) is 26.3. The van der Waals surface area contributed by atoms with Gasteiger partial charge in [0.2, 0.25) is 31.3 Å². The Morgan fingerprint density at radius 1 is 0.527 bits per heavy atom. The molecule has 8 rings (SSSR count). The Bertz CT molecular complexity index is 2750. The van der Waals surface area contributed by atoms with Gasteiger partial charge in [0.25, 0.3) is 0 Å². The minimum absolute atomic E-state index is 0.0298. The van der Waals surface area contributed by atoms with Crippen LogP contribution in [0.15, 0.2) is 131 Å². The first-order valence-electron chi connectivity index (χ1n) is 15.8. The number of hydrogen-bond acceptors (Lipinski definition) is 14. The predicted octanol–water partition coefficient (Wildman–Crippen LogP) is 5.15. The summed E-state index contributed by atoms with van der Waals surface area (Å²) >= 11 is 5.83. The number of halogens is 1. The normalized spacial score (nSPS) is 11.2. The maximum atomic E-state index is 11.4. The van der Waals surface area contributed by atoms with E-state index >= 15 is 0 Å².